The molecule has 0 radical (unpaired) electrons. The number of ketones is 1. The fourth-order valence-electron chi connectivity index (χ4n) is 5.42. The Morgan fingerprint density at radius 3 is 2.24 bits per heavy atom. The maximum Gasteiger partial charge on any atom is 0.254 e. The fourth-order valence-corrected chi connectivity index (χ4v) is 5.42. The van der Waals surface area contributed by atoms with Crippen LogP contribution in [-0.2, 0) is 9.59 Å². The third-order valence-corrected chi connectivity index (χ3v) is 7.68. The zero-order valence-electron chi connectivity index (χ0n) is 23.2. The lowest BCUT2D eigenvalue weighted by molar-refractivity contribution is -0.138. The molecule has 1 unspecified atom stereocenters. The first-order chi connectivity index (χ1) is 18.0. The molecule has 0 spiro atoms. The molecule has 0 aromatic heterocycles. The zero-order chi connectivity index (χ0) is 27.7. The molecule has 0 aliphatic carbocycles. The van der Waals surface area contributed by atoms with E-state index in [1.807, 2.05) is 71.0 Å². The number of aryl methyl sites for hydroxylation is 2. The lowest BCUT2D eigenvalue weighted by atomic mass is 10.0. The van der Waals surface area contributed by atoms with E-state index in [0.717, 1.165) is 16.8 Å². The van der Waals surface area contributed by atoms with E-state index in [9.17, 15) is 19.2 Å². The molecule has 4 rings (SSSR count). The highest BCUT2D eigenvalue weighted by molar-refractivity contribution is 6.03. The summed E-state index contributed by atoms with van der Waals surface area (Å²) < 4.78 is 0. The third-order valence-electron chi connectivity index (χ3n) is 7.68. The van der Waals surface area contributed by atoms with Crippen LogP contribution in [0.5, 0.6) is 0 Å². The molecule has 3 amide bonds. The van der Waals surface area contributed by atoms with Crippen LogP contribution in [0.1, 0.15) is 58.5 Å². The molecular weight excluding hydrogens is 480 g/mol. The number of rotatable bonds is 7. The number of hydrogen-bond acceptors (Lipinski definition) is 5. The van der Waals surface area contributed by atoms with Gasteiger partial charge in [-0.05, 0) is 80.1 Å². The number of benzene rings is 2. The summed E-state index contributed by atoms with van der Waals surface area (Å²) in [7, 11) is 3.85. The number of amides is 3. The van der Waals surface area contributed by atoms with E-state index in [0.29, 0.717) is 30.5 Å². The van der Waals surface area contributed by atoms with Crippen LogP contribution in [0.4, 0.5) is 5.69 Å². The average molecular weight is 519 g/mol. The molecule has 2 aliphatic rings. The predicted octanol–water partition coefficient (Wildman–Crippen LogP) is 3.21. The topological polar surface area (TPSA) is 90.0 Å². The highest BCUT2D eigenvalue weighted by Crippen LogP contribution is 2.32. The Kier molecular flexibility index (Phi) is 7.90. The fraction of sp³-hybridized carbons (Fsp3) is 0.467. The van der Waals surface area contributed by atoms with Gasteiger partial charge in [-0.1, -0.05) is 19.9 Å². The summed E-state index contributed by atoms with van der Waals surface area (Å²) in [5.41, 5.74) is 4.11. The van der Waals surface area contributed by atoms with Crippen molar-refractivity contribution in [2.75, 3.05) is 32.1 Å². The number of fused-ring (bicyclic) bond motifs is 1. The van der Waals surface area contributed by atoms with Crippen LogP contribution in [0, 0.1) is 19.8 Å². The minimum Gasteiger partial charge on any atom is -0.378 e. The quantitative estimate of drug-likeness (QED) is 0.608. The van der Waals surface area contributed by atoms with Crippen LogP contribution in [0.15, 0.2) is 42.5 Å². The van der Waals surface area contributed by atoms with Crippen molar-refractivity contribution >= 4 is 29.2 Å². The van der Waals surface area contributed by atoms with E-state index >= 15 is 0 Å². The van der Waals surface area contributed by atoms with Gasteiger partial charge in [0, 0.05) is 37.5 Å². The lowest BCUT2D eigenvalue weighted by Gasteiger charge is -2.29. The Bertz CT molecular complexity index is 1240. The molecule has 3 atom stereocenters. The van der Waals surface area contributed by atoms with E-state index in [-0.39, 0.29) is 42.0 Å². The van der Waals surface area contributed by atoms with E-state index in [4.69, 9.17) is 0 Å². The number of hydrogen-bond donors (Lipinski definition) is 1. The number of nitrogens with one attached hydrogen (secondary N) is 1. The molecule has 202 valence electrons. The Morgan fingerprint density at radius 1 is 0.974 bits per heavy atom. The normalized spacial score (nSPS) is 19.5. The van der Waals surface area contributed by atoms with Crippen LogP contribution in [-0.4, -0.2) is 78.6 Å². The van der Waals surface area contributed by atoms with Crippen molar-refractivity contribution in [3.05, 3.63) is 64.7 Å². The number of Topliss-reactive ketones (excluding diaryl/α,β-unsaturated/α-hetero) is 1. The molecular formula is C30H38N4O4. The first-order valence-electron chi connectivity index (χ1n) is 13.3. The Balaban J connectivity index is 1.50. The van der Waals surface area contributed by atoms with Crippen molar-refractivity contribution in [1.29, 1.82) is 0 Å². The highest BCUT2D eigenvalue weighted by Gasteiger charge is 2.52. The summed E-state index contributed by atoms with van der Waals surface area (Å²) in [6, 6.07) is 11.0. The largest absolute Gasteiger partial charge is 0.378 e. The van der Waals surface area contributed by atoms with Crippen molar-refractivity contribution in [2.24, 2.45) is 5.92 Å². The van der Waals surface area contributed by atoms with Crippen molar-refractivity contribution in [2.45, 2.75) is 58.7 Å². The van der Waals surface area contributed by atoms with Gasteiger partial charge < -0.3 is 20.0 Å². The highest BCUT2D eigenvalue weighted by atomic mass is 16.2. The smallest absolute Gasteiger partial charge is 0.254 e. The van der Waals surface area contributed by atoms with Gasteiger partial charge in [-0.15, -0.1) is 0 Å². The van der Waals surface area contributed by atoms with E-state index < -0.39 is 12.1 Å². The summed E-state index contributed by atoms with van der Waals surface area (Å²) in [5, 5.41) is 2.92. The van der Waals surface area contributed by atoms with Crippen molar-refractivity contribution in [3.8, 4) is 0 Å². The van der Waals surface area contributed by atoms with Gasteiger partial charge in [0.15, 0.2) is 5.78 Å². The van der Waals surface area contributed by atoms with Gasteiger partial charge in [0.05, 0.1) is 12.6 Å². The molecule has 2 fully saturated rings. The Hall–Kier alpha value is -3.68. The van der Waals surface area contributed by atoms with Crippen molar-refractivity contribution in [3.63, 3.8) is 0 Å². The number of carbonyl (C=O) groups is 4. The average Bonchev–Trinajstić information content (AvgIpc) is 3.45. The monoisotopic (exact) mass is 518 g/mol. The Labute approximate surface area is 225 Å². The lowest BCUT2D eigenvalue weighted by Crippen LogP contribution is -2.53. The summed E-state index contributed by atoms with van der Waals surface area (Å²) in [4.78, 5) is 58.4. The first kappa shape index (κ1) is 27.4. The van der Waals surface area contributed by atoms with Gasteiger partial charge in [0.1, 0.15) is 12.1 Å². The number of nitrogens with zero attached hydrogens (tertiary/aromatic N) is 3. The third kappa shape index (κ3) is 5.44. The number of carbonyl (C=O) groups excluding carboxylic acids is 4. The molecule has 2 aromatic rings. The second kappa shape index (κ2) is 11.0. The molecule has 0 saturated carbocycles. The maximum atomic E-state index is 13.8. The van der Waals surface area contributed by atoms with Gasteiger partial charge >= 0.3 is 0 Å². The molecule has 2 heterocycles. The molecule has 1 N–H and O–H groups in total. The second-order valence-electron chi connectivity index (χ2n) is 11.1. The van der Waals surface area contributed by atoms with Crippen LogP contribution in [0.25, 0.3) is 0 Å². The van der Waals surface area contributed by atoms with Gasteiger partial charge in [-0.3, -0.25) is 19.2 Å². The van der Waals surface area contributed by atoms with Crippen LogP contribution >= 0.6 is 0 Å². The summed E-state index contributed by atoms with van der Waals surface area (Å²) in [6.45, 7) is 8.30. The van der Waals surface area contributed by atoms with Gasteiger partial charge in [-0.25, -0.2) is 0 Å². The molecule has 2 aromatic carbocycles. The van der Waals surface area contributed by atoms with Crippen molar-refractivity contribution < 1.29 is 19.2 Å². The van der Waals surface area contributed by atoms with Crippen LogP contribution < -0.4 is 10.2 Å². The number of likely N-dealkylation sites (tertiary alicyclic amines) is 2. The van der Waals surface area contributed by atoms with Gasteiger partial charge in [0.25, 0.3) is 11.8 Å². The molecule has 2 aliphatic heterocycles. The minimum absolute atomic E-state index is 0.00962. The van der Waals surface area contributed by atoms with E-state index in [1.54, 1.807) is 28.0 Å². The molecule has 8 nitrogen and oxygen atoms in total. The second-order valence-corrected chi connectivity index (χ2v) is 11.1. The SMILES string of the molecule is Cc1ccc(C(=O)N2CC(=O)[C@@H]3C2CCN3C(=O)[C@H](CC(C)C)NC(=O)c2ccc(N(C)C)cc2)cc1C. The zero-order valence-corrected chi connectivity index (χ0v) is 23.2. The standard InChI is InChI=1S/C30H38N4O4/c1-18(2)15-24(31-28(36)21-9-11-23(12-10-21)32(5)6)30(38)33-14-13-25-27(33)26(35)17-34(25)29(37)22-8-7-19(3)20(4)16-22/h7-12,16,18,24-25,27H,13-15,17H2,1-6H3,(H,31,36)/t24-,25?,27-/m0/s1. The molecule has 38 heavy (non-hydrogen) atoms. The van der Waals surface area contributed by atoms with Gasteiger partial charge in [-0.2, -0.15) is 0 Å². The van der Waals surface area contributed by atoms with E-state index in [2.05, 4.69) is 5.32 Å². The van der Waals surface area contributed by atoms with Crippen LogP contribution in [0.2, 0.25) is 0 Å². The van der Waals surface area contributed by atoms with E-state index in [1.165, 1.54) is 0 Å². The van der Waals surface area contributed by atoms with Crippen molar-refractivity contribution in [1.82, 2.24) is 15.1 Å². The predicted molar refractivity (Wildman–Crippen MR) is 147 cm³/mol. The minimum atomic E-state index is -0.757. The molecule has 0 bridgehead atoms. The number of anilines is 1. The maximum absolute atomic E-state index is 13.8. The molecule has 2 saturated heterocycles. The van der Waals surface area contributed by atoms with Crippen LogP contribution in [0.3, 0.4) is 0 Å². The molecule has 8 heteroatoms. The van der Waals surface area contributed by atoms with Gasteiger partial charge in [0.2, 0.25) is 5.91 Å². The summed E-state index contributed by atoms with van der Waals surface area (Å²) in [6.07, 6.45) is 0.987. The Morgan fingerprint density at radius 2 is 1.63 bits per heavy atom. The summed E-state index contributed by atoms with van der Waals surface area (Å²) >= 11 is 0. The summed E-state index contributed by atoms with van der Waals surface area (Å²) in [5.74, 6) is -0.753. The first-order valence-corrected chi connectivity index (χ1v) is 13.3.